The van der Waals surface area contributed by atoms with E-state index in [1.54, 1.807) is 16.5 Å². The second-order valence-electron chi connectivity index (χ2n) is 5.70. The number of nitrogens with zero attached hydrogens (tertiary/aromatic N) is 2. The smallest absolute Gasteiger partial charge is 0.273 e. The molecule has 1 amide bonds. The van der Waals surface area contributed by atoms with Gasteiger partial charge in [0.15, 0.2) is 5.65 Å². The van der Waals surface area contributed by atoms with Gasteiger partial charge in [-0.3, -0.25) is 9.20 Å². The maximum Gasteiger partial charge on any atom is 0.273 e. The minimum Gasteiger partial charge on any atom is -0.351 e. The molecule has 0 atom stereocenters. The number of aromatic nitrogens is 3. The number of hydrogen-bond acceptors (Lipinski definition) is 2. The number of aryl methyl sites for hydroxylation is 1. The summed E-state index contributed by atoms with van der Waals surface area (Å²) in [5, 5.41) is 3.45. The number of rotatable bonds is 3. The highest BCUT2D eigenvalue weighted by Gasteiger charge is 2.16. The lowest BCUT2D eigenvalue weighted by Crippen LogP contribution is -2.14. The van der Waals surface area contributed by atoms with Crippen LogP contribution in [0, 0.1) is 6.92 Å². The Labute approximate surface area is 149 Å². The molecule has 0 aliphatic carbocycles. The van der Waals surface area contributed by atoms with Gasteiger partial charge in [0.25, 0.3) is 5.91 Å². The molecular weight excluding hydrogens is 336 g/mol. The summed E-state index contributed by atoms with van der Waals surface area (Å²) in [6.45, 7) is 1.84. The number of carbonyl (C=O) groups excluding carboxylic acids is 1. The van der Waals surface area contributed by atoms with Gasteiger partial charge in [-0.15, -0.1) is 0 Å². The third kappa shape index (κ3) is 2.79. The molecule has 0 unspecified atom stereocenters. The zero-order chi connectivity index (χ0) is 17.4. The van der Waals surface area contributed by atoms with Crippen LogP contribution in [0.4, 0.5) is 5.82 Å². The normalized spacial score (nSPS) is 11.0. The molecule has 0 saturated carbocycles. The highest BCUT2D eigenvalue weighted by atomic mass is 35.5. The fourth-order valence-electron chi connectivity index (χ4n) is 2.79. The Morgan fingerprint density at radius 1 is 1.12 bits per heavy atom. The van der Waals surface area contributed by atoms with Gasteiger partial charge in [0.2, 0.25) is 0 Å². The van der Waals surface area contributed by atoms with Crippen LogP contribution in [0.25, 0.3) is 16.9 Å². The maximum absolute atomic E-state index is 12.6. The summed E-state index contributed by atoms with van der Waals surface area (Å²) < 4.78 is 1.77. The minimum atomic E-state index is -0.230. The second-order valence-corrected chi connectivity index (χ2v) is 6.11. The van der Waals surface area contributed by atoms with E-state index in [1.165, 1.54) is 0 Å². The van der Waals surface area contributed by atoms with Gasteiger partial charge in [-0.2, -0.15) is 0 Å². The summed E-state index contributed by atoms with van der Waals surface area (Å²) in [5.41, 5.74) is 3.72. The average molecular weight is 351 g/mol. The fraction of sp³-hybridized carbons (Fsp3) is 0.0526. The van der Waals surface area contributed by atoms with E-state index in [0.29, 0.717) is 27.9 Å². The molecule has 0 saturated heterocycles. The van der Waals surface area contributed by atoms with Gasteiger partial charge in [0.1, 0.15) is 11.5 Å². The zero-order valence-corrected chi connectivity index (χ0v) is 14.2. The van der Waals surface area contributed by atoms with Crippen LogP contribution in [-0.4, -0.2) is 20.3 Å². The standard InChI is InChI=1S/C19H15ClN4O/c1-12-17(24-11-5-8-14(20)18(24)21-12)23-19(25)16-10-9-15(22-16)13-6-3-2-4-7-13/h2-11,22H,1H3,(H,23,25). The van der Waals surface area contributed by atoms with Crippen LogP contribution >= 0.6 is 11.6 Å². The first kappa shape index (κ1) is 15.5. The Balaban J connectivity index is 1.64. The molecular formula is C19H15ClN4O. The van der Waals surface area contributed by atoms with Crippen molar-refractivity contribution in [3.05, 3.63) is 77.2 Å². The summed E-state index contributed by atoms with van der Waals surface area (Å²) in [4.78, 5) is 20.2. The maximum atomic E-state index is 12.6. The average Bonchev–Trinajstić information content (AvgIpc) is 3.23. The highest BCUT2D eigenvalue weighted by Crippen LogP contribution is 2.24. The molecule has 0 radical (unpaired) electrons. The van der Waals surface area contributed by atoms with Crippen LogP contribution < -0.4 is 5.32 Å². The molecule has 1 aromatic carbocycles. The monoisotopic (exact) mass is 350 g/mol. The van der Waals surface area contributed by atoms with E-state index in [2.05, 4.69) is 15.3 Å². The predicted molar refractivity (Wildman–Crippen MR) is 99.1 cm³/mol. The number of fused-ring (bicyclic) bond motifs is 1. The Morgan fingerprint density at radius 3 is 2.72 bits per heavy atom. The van der Waals surface area contributed by atoms with Crippen LogP contribution in [0.1, 0.15) is 16.2 Å². The second kappa shape index (κ2) is 6.11. The predicted octanol–water partition coefficient (Wildman–Crippen LogP) is 4.54. The van der Waals surface area contributed by atoms with Crippen LogP contribution in [0.5, 0.6) is 0 Å². The van der Waals surface area contributed by atoms with Crippen molar-refractivity contribution in [2.45, 2.75) is 6.92 Å². The van der Waals surface area contributed by atoms with Crippen molar-refractivity contribution < 1.29 is 4.79 Å². The number of imidazole rings is 1. The van der Waals surface area contributed by atoms with Crippen molar-refractivity contribution in [3.63, 3.8) is 0 Å². The molecule has 0 bridgehead atoms. The molecule has 25 heavy (non-hydrogen) atoms. The van der Waals surface area contributed by atoms with E-state index < -0.39 is 0 Å². The molecule has 0 aliphatic heterocycles. The number of amides is 1. The number of anilines is 1. The molecule has 5 nitrogen and oxygen atoms in total. The summed E-state index contributed by atoms with van der Waals surface area (Å²) in [5.74, 6) is 0.380. The largest absolute Gasteiger partial charge is 0.351 e. The fourth-order valence-corrected chi connectivity index (χ4v) is 2.99. The number of carbonyl (C=O) groups is 1. The van der Waals surface area contributed by atoms with Gasteiger partial charge in [-0.1, -0.05) is 41.9 Å². The molecule has 0 aliphatic rings. The van der Waals surface area contributed by atoms with Gasteiger partial charge in [0.05, 0.1) is 10.7 Å². The van der Waals surface area contributed by atoms with E-state index in [-0.39, 0.29) is 5.91 Å². The number of nitrogens with one attached hydrogen (secondary N) is 2. The third-order valence-electron chi connectivity index (χ3n) is 4.02. The number of aromatic amines is 1. The molecule has 3 heterocycles. The highest BCUT2D eigenvalue weighted by molar-refractivity contribution is 6.33. The lowest BCUT2D eigenvalue weighted by molar-refractivity contribution is 0.102. The number of pyridine rings is 1. The molecule has 4 aromatic rings. The van der Waals surface area contributed by atoms with Gasteiger partial charge in [0, 0.05) is 11.9 Å². The van der Waals surface area contributed by atoms with Crippen LogP contribution in [0.3, 0.4) is 0 Å². The van der Waals surface area contributed by atoms with Gasteiger partial charge in [-0.05, 0) is 36.8 Å². The van der Waals surface area contributed by atoms with Crippen molar-refractivity contribution in [2.24, 2.45) is 0 Å². The number of H-pyrrole nitrogens is 1. The SMILES string of the molecule is Cc1nc2c(Cl)cccn2c1NC(=O)c1ccc(-c2ccccc2)[nH]1. The van der Waals surface area contributed by atoms with Crippen molar-refractivity contribution in [2.75, 3.05) is 5.32 Å². The molecule has 124 valence electrons. The lowest BCUT2D eigenvalue weighted by Gasteiger charge is -2.05. The Bertz CT molecular complexity index is 1070. The first-order valence-electron chi connectivity index (χ1n) is 7.82. The molecule has 0 spiro atoms. The van der Waals surface area contributed by atoms with E-state index in [1.807, 2.05) is 55.6 Å². The minimum absolute atomic E-state index is 0.230. The van der Waals surface area contributed by atoms with Crippen molar-refractivity contribution in [1.82, 2.24) is 14.4 Å². The van der Waals surface area contributed by atoms with Gasteiger partial charge < -0.3 is 10.3 Å². The quantitative estimate of drug-likeness (QED) is 0.569. The van der Waals surface area contributed by atoms with Crippen LogP contribution in [-0.2, 0) is 0 Å². The number of benzene rings is 1. The Kier molecular flexibility index (Phi) is 3.78. The summed E-state index contributed by atoms with van der Waals surface area (Å²) in [6, 6.07) is 17.1. The van der Waals surface area contributed by atoms with E-state index in [9.17, 15) is 4.79 Å². The van der Waals surface area contributed by atoms with E-state index in [4.69, 9.17) is 11.6 Å². The third-order valence-corrected chi connectivity index (χ3v) is 4.32. The molecule has 0 fully saturated rings. The van der Waals surface area contributed by atoms with Crippen LogP contribution in [0.2, 0.25) is 5.02 Å². The lowest BCUT2D eigenvalue weighted by atomic mass is 10.2. The van der Waals surface area contributed by atoms with E-state index >= 15 is 0 Å². The van der Waals surface area contributed by atoms with Crippen molar-refractivity contribution in [1.29, 1.82) is 0 Å². The topological polar surface area (TPSA) is 62.2 Å². The molecule has 2 N–H and O–H groups in total. The van der Waals surface area contributed by atoms with E-state index in [0.717, 1.165) is 11.3 Å². The molecule has 4 rings (SSSR count). The molecule has 3 aromatic heterocycles. The first-order chi connectivity index (χ1) is 12.1. The Morgan fingerprint density at radius 2 is 1.92 bits per heavy atom. The molecule has 6 heteroatoms. The summed E-state index contributed by atoms with van der Waals surface area (Å²) >= 11 is 6.16. The van der Waals surface area contributed by atoms with Gasteiger partial charge in [-0.25, -0.2) is 4.98 Å². The number of hydrogen-bond donors (Lipinski definition) is 2. The summed E-state index contributed by atoms with van der Waals surface area (Å²) in [6.07, 6.45) is 1.82. The first-order valence-corrected chi connectivity index (χ1v) is 8.20. The van der Waals surface area contributed by atoms with Crippen molar-refractivity contribution in [3.8, 4) is 11.3 Å². The zero-order valence-electron chi connectivity index (χ0n) is 13.5. The summed E-state index contributed by atoms with van der Waals surface area (Å²) in [7, 11) is 0. The van der Waals surface area contributed by atoms with Gasteiger partial charge >= 0.3 is 0 Å². The van der Waals surface area contributed by atoms with Crippen molar-refractivity contribution >= 4 is 29.0 Å². The number of halogens is 1. The Hall–Kier alpha value is -3.05. The van der Waals surface area contributed by atoms with Crippen LogP contribution in [0.15, 0.2) is 60.8 Å².